The lowest BCUT2D eigenvalue weighted by atomic mass is 10.2. The quantitative estimate of drug-likeness (QED) is 0.714. The maximum Gasteiger partial charge on any atom is 0.341 e. The van der Waals surface area contributed by atoms with E-state index in [1.807, 2.05) is 25.1 Å². The molecule has 1 unspecified atom stereocenters. The third kappa shape index (κ3) is 6.01. The molecule has 0 aliphatic heterocycles. The number of carboxylic acid groups (broad SMARTS) is 1. The Morgan fingerprint density at radius 3 is 2.50 bits per heavy atom. The first-order chi connectivity index (χ1) is 12.5. The minimum Gasteiger partial charge on any atom is -0.497 e. The Morgan fingerprint density at radius 2 is 1.77 bits per heavy atom. The number of carbonyl (C=O) groups is 2. The van der Waals surface area contributed by atoms with Crippen molar-refractivity contribution in [1.29, 1.82) is 0 Å². The van der Waals surface area contributed by atoms with Crippen molar-refractivity contribution in [2.75, 3.05) is 20.3 Å². The average Bonchev–Trinajstić information content (AvgIpc) is 2.64. The number of amides is 1. The Labute approximate surface area is 151 Å². The first-order valence-corrected chi connectivity index (χ1v) is 8.01. The fraction of sp³-hybridized carbons (Fsp3) is 0.263. The molecule has 0 heterocycles. The van der Waals surface area contributed by atoms with Gasteiger partial charge in [0.1, 0.15) is 23.4 Å². The smallest absolute Gasteiger partial charge is 0.341 e. The summed E-state index contributed by atoms with van der Waals surface area (Å²) in [6, 6.07) is 13.5. The molecule has 7 heteroatoms. The number of nitrogens with one attached hydrogen (secondary N) is 1. The zero-order valence-electron chi connectivity index (χ0n) is 14.6. The van der Waals surface area contributed by atoms with Crippen LogP contribution in [-0.2, 0) is 4.79 Å². The van der Waals surface area contributed by atoms with Gasteiger partial charge in [-0.1, -0.05) is 12.1 Å². The van der Waals surface area contributed by atoms with Crippen molar-refractivity contribution in [3.05, 3.63) is 54.1 Å². The van der Waals surface area contributed by atoms with Gasteiger partial charge in [0.25, 0.3) is 5.91 Å². The Morgan fingerprint density at radius 1 is 1.08 bits per heavy atom. The van der Waals surface area contributed by atoms with Gasteiger partial charge in [0.15, 0.2) is 6.61 Å². The fourth-order valence-corrected chi connectivity index (χ4v) is 2.16. The molecule has 0 aromatic heterocycles. The molecule has 2 aromatic carbocycles. The molecule has 138 valence electrons. The highest BCUT2D eigenvalue weighted by atomic mass is 16.5. The molecule has 7 nitrogen and oxygen atoms in total. The monoisotopic (exact) mass is 359 g/mol. The third-order valence-electron chi connectivity index (χ3n) is 3.39. The number of carboxylic acids is 1. The van der Waals surface area contributed by atoms with Crippen LogP contribution in [0, 0.1) is 0 Å². The van der Waals surface area contributed by atoms with Gasteiger partial charge >= 0.3 is 5.97 Å². The van der Waals surface area contributed by atoms with E-state index in [0.717, 1.165) is 0 Å². The number of hydrogen-bond acceptors (Lipinski definition) is 5. The van der Waals surface area contributed by atoms with Gasteiger partial charge in [0.05, 0.1) is 13.7 Å². The molecule has 0 bridgehead atoms. The van der Waals surface area contributed by atoms with Gasteiger partial charge in [0.2, 0.25) is 0 Å². The summed E-state index contributed by atoms with van der Waals surface area (Å²) in [7, 11) is 1.58. The van der Waals surface area contributed by atoms with E-state index < -0.39 is 12.6 Å². The van der Waals surface area contributed by atoms with E-state index in [1.54, 1.807) is 31.4 Å². The van der Waals surface area contributed by atoms with E-state index in [0.29, 0.717) is 29.4 Å². The molecule has 2 rings (SSSR count). The highest BCUT2D eigenvalue weighted by Gasteiger charge is 2.11. The lowest BCUT2D eigenvalue weighted by molar-refractivity contribution is -0.139. The van der Waals surface area contributed by atoms with E-state index in [4.69, 9.17) is 19.3 Å². The topological polar surface area (TPSA) is 94.1 Å². The highest BCUT2D eigenvalue weighted by Crippen LogP contribution is 2.20. The largest absolute Gasteiger partial charge is 0.497 e. The van der Waals surface area contributed by atoms with Gasteiger partial charge in [-0.05, 0) is 37.3 Å². The summed E-state index contributed by atoms with van der Waals surface area (Å²) in [5.74, 6) is 0.281. The zero-order chi connectivity index (χ0) is 18.9. The normalized spacial score (nSPS) is 11.3. The maximum absolute atomic E-state index is 12.2. The van der Waals surface area contributed by atoms with Crippen molar-refractivity contribution in [1.82, 2.24) is 5.32 Å². The third-order valence-corrected chi connectivity index (χ3v) is 3.39. The second-order valence-electron chi connectivity index (χ2n) is 5.53. The van der Waals surface area contributed by atoms with E-state index in [9.17, 15) is 9.59 Å². The molecule has 0 radical (unpaired) electrons. The first-order valence-electron chi connectivity index (χ1n) is 8.01. The Bertz CT molecular complexity index is 761. The molecule has 0 fully saturated rings. The van der Waals surface area contributed by atoms with Crippen LogP contribution in [0.1, 0.15) is 17.3 Å². The van der Waals surface area contributed by atoms with Gasteiger partial charge in [0, 0.05) is 11.6 Å². The average molecular weight is 359 g/mol. The maximum atomic E-state index is 12.2. The Kier molecular flexibility index (Phi) is 6.84. The summed E-state index contributed by atoms with van der Waals surface area (Å²) in [6.45, 7) is 1.68. The van der Waals surface area contributed by atoms with Crippen LogP contribution in [0.2, 0.25) is 0 Å². The van der Waals surface area contributed by atoms with E-state index in [-0.39, 0.29) is 12.0 Å². The summed E-state index contributed by atoms with van der Waals surface area (Å²) < 4.78 is 16.0. The summed E-state index contributed by atoms with van der Waals surface area (Å²) in [4.78, 5) is 22.8. The molecule has 1 atom stereocenters. The standard InChI is InChI=1S/C19H21NO6/c1-13(26-17-8-4-6-15(10-17)24-2)11-20-19(23)14-5-3-7-16(9-14)25-12-18(21)22/h3-10,13H,11-12H2,1-2H3,(H,20,23)(H,21,22). The summed E-state index contributed by atoms with van der Waals surface area (Å²) in [6.07, 6.45) is -0.252. The molecular formula is C19H21NO6. The number of ether oxygens (including phenoxy) is 3. The van der Waals surface area contributed by atoms with E-state index in [2.05, 4.69) is 5.32 Å². The van der Waals surface area contributed by atoms with Gasteiger partial charge in [-0.2, -0.15) is 0 Å². The molecule has 0 saturated heterocycles. The molecule has 0 spiro atoms. The molecular weight excluding hydrogens is 338 g/mol. The number of benzene rings is 2. The zero-order valence-corrected chi connectivity index (χ0v) is 14.6. The molecule has 2 aromatic rings. The van der Waals surface area contributed by atoms with Gasteiger partial charge < -0.3 is 24.6 Å². The number of rotatable bonds is 9. The minimum absolute atomic E-state index is 0.252. The van der Waals surface area contributed by atoms with Crippen LogP contribution in [-0.4, -0.2) is 43.3 Å². The SMILES string of the molecule is COc1cccc(OC(C)CNC(=O)c2cccc(OCC(=O)O)c2)c1. The van der Waals surface area contributed by atoms with Crippen molar-refractivity contribution in [2.45, 2.75) is 13.0 Å². The number of carbonyl (C=O) groups excluding carboxylic acids is 1. The fourth-order valence-electron chi connectivity index (χ4n) is 2.16. The number of aliphatic carboxylic acids is 1. The molecule has 0 saturated carbocycles. The van der Waals surface area contributed by atoms with Crippen LogP contribution in [0.4, 0.5) is 0 Å². The number of hydrogen-bond donors (Lipinski definition) is 2. The Balaban J connectivity index is 1.87. The highest BCUT2D eigenvalue weighted by molar-refractivity contribution is 5.94. The second kappa shape index (κ2) is 9.31. The van der Waals surface area contributed by atoms with Crippen molar-refractivity contribution in [2.24, 2.45) is 0 Å². The lowest BCUT2D eigenvalue weighted by Gasteiger charge is -2.16. The van der Waals surface area contributed by atoms with Crippen LogP contribution in [0.25, 0.3) is 0 Å². The van der Waals surface area contributed by atoms with E-state index in [1.165, 1.54) is 6.07 Å². The molecule has 1 amide bonds. The first kappa shape index (κ1) is 19.1. The minimum atomic E-state index is -1.08. The number of methoxy groups -OCH3 is 1. The lowest BCUT2D eigenvalue weighted by Crippen LogP contribution is -2.33. The second-order valence-corrected chi connectivity index (χ2v) is 5.53. The predicted molar refractivity (Wildman–Crippen MR) is 95.0 cm³/mol. The van der Waals surface area contributed by atoms with Gasteiger partial charge in [-0.3, -0.25) is 4.79 Å². The van der Waals surface area contributed by atoms with Crippen molar-refractivity contribution < 1.29 is 28.9 Å². The van der Waals surface area contributed by atoms with Gasteiger partial charge in [-0.25, -0.2) is 4.79 Å². The van der Waals surface area contributed by atoms with Crippen LogP contribution >= 0.6 is 0 Å². The van der Waals surface area contributed by atoms with Crippen LogP contribution in [0.5, 0.6) is 17.2 Å². The molecule has 2 N–H and O–H groups in total. The molecule has 0 aliphatic rings. The molecule has 26 heavy (non-hydrogen) atoms. The van der Waals surface area contributed by atoms with Gasteiger partial charge in [-0.15, -0.1) is 0 Å². The van der Waals surface area contributed by atoms with E-state index >= 15 is 0 Å². The van der Waals surface area contributed by atoms with Crippen LogP contribution in [0.15, 0.2) is 48.5 Å². The predicted octanol–water partition coefficient (Wildman–Crippen LogP) is 2.36. The summed E-state index contributed by atoms with van der Waals surface area (Å²) >= 11 is 0. The summed E-state index contributed by atoms with van der Waals surface area (Å²) in [5, 5.41) is 11.4. The van der Waals surface area contributed by atoms with Crippen molar-refractivity contribution in [3.63, 3.8) is 0 Å². The Hall–Kier alpha value is -3.22. The van der Waals surface area contributed by atoms with Crippen molar-refractivity contribution >= 4 is 11.9 Å². The van der Waals surface area contributed by atoms with Crippen LogP contribution < -0.4 is 19.5 Å². The van der Waals surface area contributed by atoms with Crippen LogP contribution in [0.3, 0.4) is 0 Å². The molecule has 0 aliphatic carbocycles. The van der Waals surface area contributed by atoms with Crippen molar-refractivity contribution in [3.8, 4) is 17.2 Å². The summed E-state index contributed by atoms with van der Waals surface area (Å²) in [5.41, 5.74) is 0.376.